The molecule has 2 fully saturated rings. The third-order valence-corrected chi connectivity index (χ3v) is 4.23. The van der Waals surface area contributed by atoms with Gasteiger partial charge in [-0.1, -0.05) is 13.3 Å². The molecule has 98 valence electrons. The molecule has 17 heavy (non-hydrogen) atoms. The van der Waals surface area contributed by atoms with Crippen LogP contribution >= 0.6 is 0 Å². The van der Waals surface area contributed by atoms with Crippen molar-refractivity contribution in [3.63, 3.8) is 0 Å². The Bertz CT molecular complexity index is 275. The Morgan fingerprint density at radius 2 is 1.94 bits per heavy atom. The van der Waals surface area contributed by atoms with Gasteiger partial charge in [0.05, 0.1) is 12.1 Å². The minimum atomic E-state index is -0.145. The fourth-order valence-electron chi connectivity index (χ4n) is 3.08. The van der Waals surface area contributed by atoms with Gasteiger partial charge < -0.3 is 14.9 Å². The standard InChI is InChI=1S/C13H24N2O2/c1-3-4-11-9-15(13(17)14(11)2)10-5-7-12(16)8-6-10/h10-12,16H,3-9H2,1-2H3. The third-order valence-electron chi connectivity index (χ3n) is 4.23. The van der Waals surface area contributed by atoms with Crippen molar-refractivity contribution in [1.29, 1.82) is 0 Å². The van der Waals surface area contributed by atoms with E-state index in [1.807, 2.05) is 16.8 Å². The second-order valence-corrected chi connectivity index (χ2v) is 5.45. The van der Waals surface area contributed by atoms with Gasteiger partial charge in [0.25, 0.3) is 0 Å². The molecular weight excluding hydrogens is 216 g/mol. The highest BCUT2D eigenvalue weighted by molar-refractivity contribution is 5.77. The minimum Gasteiger partial charge on any atom is -0.393 e. The lowest BCUT2D eigenvalue weighted by atomic mass is 9.92. The number of hydrogen-bond acceptors (Lipinski definition) is 2. The molecule has 4 nitrogen and oxygen atoms in total. The SMILES string of the molecule is CCCC1CN(C2CCC(O)CC2)C(=O)N1C. The molecule has 0 aromatic rings. The van der Waals surface area contributed by atoms with Crippen LogP contribution in [0.1, 0.15) is 45.4 Å². The van der Waals surface area contributed by atoms with Gasteiger partial charge in [0.1, 0.15) is 0 Å². The number of urea groups is 1. The number of carbonyl (C=O) groups is 1. The molecule has 1 saturated heterocycles. The molecule has 1 aliphatic carbocycles. The van der Waals surface area contributed by atoms with Crippen LogP contribution < -0.4 is 0 Å². The van der Waals surface area contributed by atoms with Gasteiger partial charge in [-0.05, 0) is 32.1 Å². The topological polar surface area (TPSA) is 43.8 Å². The number of aliphatic hydroxyl groups excluding tert-OH is 1. The minimum absolute atomic E-state index is 0.145. The van der Waals surface area contributed by atoms with Gasteiger partial charge in [-0.15, -0.1) is 0 Å². The van der Waals surface area contributed by atoms with Crippen molar-refractivity contribution in [3.8, 4) is 0 Å². The smallest absolute Gasteiger partial charge is 0.320 e. The maximum absolute atomic E-state index is 12.2. The van der Waals surface area contributed by atoms with E-state index in [1.165, 1.54) is 0 Å². The monoisotopic (exact) mass is 240 g/mol. The molecule has 2 rings (SSSR count). The fraction of sp³-hybridized carbons (Fsp3) is 0.923. The van der Waals surface area contributed by atoms with E-state index in [4.69, 9.17) is 0 Å². The molecule has 0 aromatic carbocycles. The van der Waals surface area contributed by atoms with E-state index in [2.05, 4.69) is 6.92 Å². The lowest BCUT2D eigenvalue weighted by Gasteiger charge is -2.32. The first-order valence-corrected chi connectivity index (χ1v) is 6.85. The van der Waals surface area contributed by atoms with Crippen molar-refractivity contribution in [2.45, 2.75) is 63.6 Å². The number of likely N-dealkylation sites (N-methyl/N-ethyl adjacent to an activating group) is 1. The van der Waals surface area contributed by atoms with Crippen molar-refractivity contribution >= 4 is 6.03 Å². The summed E-state index contributed by atoms with van der Waals surface area (Å²) in [5.74, 6) is 0. The fourth-order valence-corrected chi connectivity index (χ4v) is 3.08. The summed E-state index contributed by atoms with van der Waals surface area (Å²) in [4.78, 5) is 16.1. The van der Waals surface area contributed by atoms with Crippen molar-refractivity contribution in [1.82, 2.24) is 9.80 Å². The second-order valence-electron chi connectivity index (χ2n) is 5.45. The molecule has 1 aliphatic heterocycles. The normalized spacial score (nSPS) is 34.5. The zero-order chi connectivity index (χ0) is 12.4. The van der Waals surface area contributed by atoms with E-state index in [9.17, 15) is 9.90 Å². The number of rotatable bonds is 3. The maximum atomic E-state index is 12.2. The molecule has 1 unspecified atom stereocenters. The van der Waals surface area contributed by atoms with E-state index in [0.717, 1.165) is 45.1 Å². The van der Waals surface area contributed by atoms with E-state index >= 15 is 0 Å². The average Bonchev–Trinajstić information content (AvgIpc) is 2.59. The van der Waals surface area contributed by atoms with Crippen LogP contribution in [0.3, 0.4) is 0 Å². The molecule has 2 aliphatic rings. The van der Waals surface area contributed by atoms with Gasteiger partial charge in [0.15, 0.2) is 0 Å². The van der Waals surface area contributed by atoms with E-state index < -0.39 is 0 Å². The summed E-state index contributed by atoms with van der Waals surface area (Å²) in [7, 11) is 1.92. The first-order valence-electron chi connectivity index (χ1n) is 6.85. The van der Waals surface area contributed by atoms with Crippen molar-refractivity contribution in [2.75, 3.05) is 13.6 Å². The molecule has 1 atom stereocenters. The molecule has 0 aromatic heterocycles. The summed E-state index contributed by atoms with van der Waals surface area (Å²) in [5, 5.41) is 9.51. The van der Waals surface area contributed by atoms with Gasteiger partial charge in [-0.25, -0.2) is 4.79 Å². The summed E-state index contributed by atoms with van der Waals surface area (Å²) in [5.41, 5.74) is 0. The molecule has 1 N–H and O–H groups in total. The van der Waals surface area contributed by atoms with Gasteiger partial charge in [0, 0.05) is 19.6 Å². The highest BCUT2D eigenvalue weighted by Gasteiger charge is 2.38. The van der Waals surface area contributed by atoms with Gasteiger partial charge in [-0.2, -0.15) is 0 Å². The third kappa shape index (κ3) is 2.57. The number of hydrogen-bond donors (Lipinski definition) is 1. The number of amides is 2. The summed E-state index contributed by atoms with van der Waals surface area (Å²) in [6.45, 7) is 3.04. The Kier molecular flexibility index (Phi) is 3.92. The molecule has 1 saturated carbocycles. The van der Waals surface area contributed by atoms with Crippen LogP contribution in [0.2, 0.25) is 0 Å². The number of nitrogens with zero attached hydrogens (tertiary/aromatic N) is 2. The van der Waals surface area contributed by atoms with Crippen LogP contribution in [0.25, 0.3) is 0 Å². The first kappa shape index (κ1) is 12.7. The number of aliphatic hydroxyl groups is 1. The van der Waals surface area contributed by atoms with Crippen LogP contribution in [0.15, 0.2) is 0 Å². The molecule has 0 spiro atoms. The van der Waals surface area contributed by atoms with Crippen LogP contribution in [0.4, 0.5) is 4.79 Å². The Morgan fingerprint density at radius 1 is 1.29 bits per heavy atom. The average molecular weight is 240 g/mol. The summed E-state index contributed by atoms with van der Waals surface area (Å²) in [6.07, 6.45) is 5.67. The molecule has 0 radical (unpaired) electrons. The highest BCUT2D eigenvalue weighted by atomic mass is 16.3. The Hall–Kier alpha value is -0.770. The lowest BCUT2D eigenvalue weighted by Crippen LogP contribution is -2.41. The van der Waals surface area contributed by atoms with Gasteiger partial charge in [-0.3, -0.25) is 0 Å². The number of carbonyl (C=O) groups excluding carboxylic acids is 1. The molecule has 1 heterocycles. The Labute approximate surface area is 104 Å². The van der Waals surface area contributed by atoms with Crippen molar-refractivity contribution in [3.05, 3.63) is 0 Å². The predicted molar refractivity (Wildman–Crippen MR) is 66.8 cm³/mol. The van der Waals surface area contributed by atoms with Gasteiger partial charge >= 0.3 is 6.03 Å². The van der Waals surface area contributed by atoms with Crippen molar-refractivity contribution < 1.29 is 9.90 Å². The van der Waals surface area contributed by atoms with Crippen molar-refractivity contribution in [2.24, 2.45) is 0 Å². The van der Waals surface area contributed by atoms with E-state index in [0.29, 0.717) is 12.1 Å². The van der Waals surface area contributed by atoms with Crippen LogP contribution in [0, 0.1) is 0 Å². The van der Waals surface area contributed by atoms with Crippen LogP contribution in [-0.4, -0.2) is 52.7 Å². The largest absolute Gasteiger partial charge is 0.393 e. The zero-order valence-corrected chi connectivity index (χ0v) is 10.9. The summed E-state index contributed by atoms with van der Waals surface area (Å²) >= 11 is 0. The van der Waals surface area contributed by atoms with E-state index in [-0.39, 0.29) is 12.1 Å². The Balaban J connectivity index is 1.95. The summed E-state index contributed by atoms with van der Waals surface area (Å²) in [6, 6.07) is 0.930. The predicted octanol–water partition coefficient (Wildman–Crippen LogP) is 1.83. The first-order chi connectivity index (χ1) is 8.13. The van der Waals surface area contributed by atoms with Crippen LogP contribution in [-0.2, 0) is 0 Å². The molecule has 2 amide bonds. The second kappa shape index (κ2) is 5.25. The van der Waals surface area contributed by atoms with Crippen LogP contribution in [0.5, 0.6) is 0 Å². The molecule has 4 heteroatoms. The van der Waals surface area contributed by atoms with E-state index in [1.54, 1.807) is 0 Å². The maximum Gasteiger partial charge on any atom is 0.320 e. The molecular formula is C13H24N2O2. The molecule has 0 bridgehead atoms. The summed E-state index contributed by atoms with van der Waals surface area (Å²) < 4.78 is 0. The Morgan fingerprint density at radius 3 is 2.53 bits per heavy atom. The quantitative estimate of drug-likeness (QED) is 0.818. The zero-order valence-electron chi connectivity index (χ0n) is 10.9. The van der Waals surface area contributed by atoms with Gasteiger partial charge in [0.2, 0.25) is 0 Å². The highest BCUT2D eigenvalue weighted by Crippen LogP contribution is 2.28. The lowest BCUT2D eigenvalue weighted by molar-refractivity contribution is 0.0897.